The number of fused-ring (bicyclic) bond motifs is 13. The summed E-state index contributed by atoms with van der Waals surface area (Å²) in [6, 6.07) is 16.1. The van der Waals surface area contributed by atoms with Gasteiger partial charge in [-0.1, -0.05) is 36.4 Å². The number of hydrogen-bond donors (Lipinski definition) is 3. The molecule has 5 aromatic rings. The van der Waals surface area contributed by atoms with E-state index in [0.29, 0.717) is 6.54 Å². The highest BCUT2D eigenvalue weighted by Gasteiger charge is 2.60. The van der Waals surface area contributed by atoms with E-state index in [9.17, 15) is 15.0 Å². The summed E-state index contributed by atoms with van der Waals surface area (Å²) >= 11 is 0. The third kappa shape index (κ3) is 1.75. The van der Waals surface area contributed by atoms with Crippen molar-refractivity contribution < 1.29 is 19.7 Å². The summed E-state index contributed by atoms with van der Waals surface area (Å²) in [5.74, 6) is -0.0555. The molecular formula is C26H21N3O4. The van der Waals surface area contributed by atoms with E-state index in [-0.39, 0.29) is 12.3 Å². The minimum atomic E-state index is -1.48. The molecule has 0 aliphatic carbocycles. The summed E-state index contributed by atoms with van der Waals surface area (Å²) in [6.45, 7) is 1.91. The van der Waals surface area contributed by atoms with E-state index in [0.717, 1.165) is 54.7 Å². The van der Waals surface area contributed by atoms with Crippen LogP contribution >= 0.6 is 0 Å². The topological polar surface area (TPSA) is 88.7 Å². The van der Waals surface area contributed by atoms with Crippen LogP contribution in [0, 0.1) is 0 Å². The first-order chi connectivity index (χ1) is 16.0. The normalized spacial score (nSPS) is 27.8. The van der Waals surface area contributed by atoms with E-state index in [1.54, 1.807) is 0 Å². The number of nitrogens with one attached hydrogen (secondary N) is 1. The number of para-hydroxylation sites is 2. The van der Waals surface area contributed by atoms with Crippen LogP contribution in [-0.2, 0) is 17.0 Å². The summed E-state index contributed by atoms with van der Waals surface area (Å²) in [4.78, 5) is 13.2. The zero-order valence-corrected chi connectivity index (χ0v) is 17.9. The van der Waals surface area contributed by atoms with Gasteiger partial charge in [0.05, 0.1) is 34.2 Å². The molecule has 0 spiro atoms. The van der Waals surface area contributed by atoms with Crippen LogP contribution < -0.4 is 5.32 Å². The van der Waals surface area contributed by atoms with Crippen LogP contribution in [0.1, 0.15) is 35.5 Å². The van der Waals surface area contributed by atoms with Crippen LogP contribution in [0.15, 0.2) is 48.5 Å². The fraction of sp³-hybridized carbons (Fsp3) is 0.269. The van der Waals surface area contributed by atoms with Crippen molar-refractivity contribution in [3.8, 4) is 0 Å². The fourth-order valence-corrected chi connectivity index (χ4v) is 6.73. The Morgan fingerprint density at radius 1 is 1.06 bits per heavy atom. The SMILES string of the molecule is C[C@@]12O[C@@H](C[C@@]1(O)CO)n1c3ccccc3c3c4c(c5c6ccccc6n2c5c31)CNC4=O. The van der Waals surface area contributed by atoms with Crippen molar-refractivity contribution in [1.82, 2.24) is 14.5 Å². The molecule has 7 heteroatoms. The van der Waals surface area contributed by atoms with Gasteiger partial charge in [-0.05, 0) is 24.6 Å². The maximum Gasteiger partial charge on any atom is 0.252 e. The van der Waals surface area contributed by atoms with Gasteiger partial charge >= 0.3 is 0 Å². The molecule has 7 nitrogen and oxygen atoms in total. The number of hydrogen-bond acceptors (Lipinski definition) is 4. The van der Waals surface area contributed by atoms with Gasteiger partial charge in [0.1, 0.15) is 11.8 Å². The zero-order chi connectivity index (χ0) is 22.3. The molecule has 0 saturated carbocycles. The number of aliphatic hydroxyl groups is 2. The average Bonchev–Trinajstić information content (AvgIpc) is 3.51. The van der Waals surface area contributed by atoms with Gasteiger partial charge < -0.3 is 29.4 Å². The molecule has 3 atom stereocenters. The van der Waals surface area contributed by atoms with Gasteiger partial charge in [0, 0.05) is 34.5 Å². The maximum absolute atomic E-state index is 13.2. The standard InChI is InChI=1S/C26H21N3O4/c1-25-26(32,12-30)10-18(33-25)28-16-8-4-2-6-13(16)20-21-15(11-27-24(21)31)19-14-7-3-5-9-17(14)29(25)23(19)22(20)28/h2-9,18,30,32H,10-12H2,1H3,(H,27,31)/t18-,25+,26+/m0/s1. The highest BCUT2D eigenvalue weighted by atomic mass is 16.6. The summed E-state index contributed by atoms with van der Waals surface area (Å²) < 4.78 is 10.9. The first kappa shape index (κ1) is 18.1. The Kier molecular flexibility index (Phi) is 2.95. The number of aliphatic hydroxyl groups excluding tert-OH is 1. The Hall–Kier alpha value is -3.39. The minimum Gasteiger partial charge on any atom is -0.393 e. The quantitative estimate of drug-likeness (QED) is 0.373. The maximum atomic E-state index is 13.2. The highest BCUT2D eigenvalue weighted by Crippen LogP contribution is 2.57. The van der Waals surface area contributed by atoms with Crippen LogP contribution in [-0.4, -0.2) is 37.5 Å². The van der Waals surface area contributed by atoms with Gasteiger partial charge in [0.2, 0.25) is 0 Å². The summed E-state index contributed by atoms with van der Waals surface area (Å²) in [5, 5.41) is 29.1. The van der Waals surface area contributed by atoms with Crippen LogP contribution in [0.25, 0.3) is 43.6 Å². The Balaban J connectivity index is 1.78. The predicted molar refractivity (Wildman–Crippen MR) is 124 cm³/mol. The molecule has 8 rings (SSSR count). The third-order valence-electron chi connectivity index (χ3n) is 8.23. The number of aromatic nitrogens is 2. The van der Waals surface area contributed by atoms with E-state index >= 15 is 0 Å². The zero-order valence-electron chi connectivity index (χ0n) is 17.9. The van der Waals surface area contributed by atoms with Crippen molar-refractivity contribution in [2.45, 2.75) is 37.4 Å². The van der Waals surface area contributed by atoms with Crippen molar-refractivity contribution >= 4 is 49.5 Å². The highest BCUT2D eigenvalue weighted by molar-refractivity contribution is 6.31. The molecule has 164 valence electrons. The molecule has 2 aromatic heterocycles. The van der Waals surface area contributed by atoms with Crippen LogP contribution in [0.2, 0.25) is 0 Å². The number of carbonyl (C=O) groups is 1. The summed E-state index contributed by atoms with van der Waals surface area (Å²) in [6.07, 6.45) is -0.247. The third-order valence-corrected chi connectivity index (χ3v) is 8.23. The smallest absolute Gasteiger partial charge is 0.252 e. The van der Waals surface area contributed by atoms with Crippen LogP contribution in [0.5, 0.6) is 0 Å². The molecule has 3 N–H and O–H groups in total. The molecule has 0 radical (unpaired) electrons. The molecule has 2 bridgehead atoms. The van der Waals surface area contributed by atoms with Gasteiger partial charge in [-0.25, -0.2) is 0 Å². The minimum absolute atomic E-state index is 0.0555. The second kappa shape index (κ2) is 5.39. The molecule has 3 aliphatic rings. The average molecular weight is 439 g/mol. The van der Waals surface area contributed by atoms with Crippen molar-refractivity contribution in [2.75, 3.05) is 6.61 Å². The van der Waals surface area contributed by atoms with Gasteiger partial charge in [-0.15, -0.1) is 0 Å². The van der Waals surface area contributed by atoms with E-state index in [1.165, 1.54) is 0 Å². The second-order valence-electron chi connectivity index (χ2n) is 9.67. The van der Waals surface area contributed by atoms with Crippen molar-refractivity contribution in [3.63, 3.8) is 0 Å². The summed E-state index contributed by atoms with van der Waals surface area (Å²) in [5.41, 5.74) is 2.80. The lowest BCUT2D eigenvalue weighted by molar-refractivity contribution is -0.189. The second-order valence-corrected chi connectivity index (χ2v) is 9.67. The molecule has 0 unspecified atom stereocenters. The summed E-state index contributed by atoms with van der Waals surface area (Å²) in [7, 11) is 0. The Morgan fingerprint density at radius 3 is 2.52 bits per heavy atom. The van der Waals surface area contributed by atoms with E-state index in [4.69, 9.17) is 4.74 Å². The molecule has 3 aliphatic heterocycles. The van der Waals surface area contributed by atoms with Gasteiger partial charge in [0.15, 0.2) is 5.72 Å². The number of ether oxygens (including phenoxy) is 1. The predicted octanol–water partition coefficient (Wildman–Crippen LogP) is 3.47. The van der Waals surface area contributed by atoms with Crippen LogP contribution in [0.3, 0.4) is 0 Å². The van der Waals surface area contributed by atoms with E-state index in [2.05, 4.69) is 20.5 Å². The number of rotatable bonds is 1. The lowest BCUT2D eigenvalue weighted by Crippen LogP contribution is -2.53. The lowest BCUT2D eigenvalue weighted by atomic mass is 9.89. The molecule has 33 heavy (non-hydrogen) atoms. The fourth-order valence-electron chi connectivity index (χ4n) is 6.73. The Morgan fingerprint density at radius 2 is 1.76 bits per heavy atom. The number of amides is 1. The Labute approximate surface area is 187 Å². The molecule has 3 aromatic carbocycles. The molecular weight excluding hydrogens is 418 g/mol. The van der Waals surface area contributed by atoms with Crippen molar-refractivity contribution in [1.29, 1.82) is 0 Å². The largest absolute Gasteiger partial charge is 0.393 e. The first-order valence-corrected chi connectivity index (χ1v) is 11.3. The molecule has 1 amide bonds. The van der Waals surface area contributed by atoms with Crippen LogP contribution in [0.4, 0.5) is 0 Å². The number of benzene rings is 3. The van der Waals surface area contributed by atoms with Crippen molar-refractivity contribution in [2.24, 2.45) is 0 Å². The monoisotopic (exact) mass is 439 g/mol. The van der Waals surface area contributed by atoms with Gasteiger partial charge in [-0.2, -0.15) is 0 Å². The van der Waals surface area contributed by atoms with E-state index in [1.807, 2.05) is 49.4 Å². The van der Waals surface area contributed by atoms with Gasteiger partial charge in [0.25, 0.3) is 5.91 Å². The molecule has 5 heterocycles. The van der Waals surface area contributed by atoms with E-state index < -0.39 is 24.2 Å². The van der Waals surface area contributed by atoms with Gasteiger partial charge in [-0.3, -0.25) is 4.79 Å². The first-order valence-electron chi connectivity index (χ1n) is 11.3. The Bertz CT molecular complexity index is 1730. The molecule has 1 saturated heterocycles. The molecule has 1 fully saturated rings. The number of carbonyl (C=O) groups excluding carboxylic acids is 1. The number of nitrogens with zero attached hydrogens (tertiary/aromatic N) is 2. The lowest BCUT2D eigenvalue weighted by Gasteiger charge is -2.38. The van der Waals surface area contributed by atoms with Crippen molar-refractivity contribution in [3.05, 3.63) is 59.7 Å².